The van der Waals surface area contributed by atoms with Gasteiger partial charge in [0.1, 0.15) is 5.82 Å². The fraction of sp³-hybridized carbons (Fsp3) is 0.300. The number of aryl methyl sites for hydroxylation is 2. The maximum absolute atomic E-state index is 11.1. The number of hydrogen-bond acceptors (Lipinski definition) is 4. The molecule has 0 bridgehead atoms. The molecule has 0 fully saturated rings. The summed E-state index contributed by atoms with van der Waals surface area (Å²) in [4.78, 5) is 15.1. The molecule has 4 heteroatoms. The molecule has 1 aromatic heterocycles. The van der Waals surface area contributed by atoms with Gasteiger partial charge in [-0.1, -0.05) is 37.6 Å². The van der Waals surface area contributed by atoms with E-state index in [1.165, 1.54) is 0 Å². The second-order valence-electron chi connectivity index (χ2n) is 4.29. The molecule has 0 aliphatic carbocycles. The summed E-state index contributed by atoms with van der Waals surface area (Å²) in [5, 5.41) is 0. The van der Waals surface area contributed by atoms with E-state index in [1.807, 2.05) is 52.0 Å². The number of aromatic nitrogens is 1. The first kappa shape index (κ1) is 23.5. The number of esters is 1. The Morgan fingerprint density at radius 3 is 2.00 bits per heavy atom. The molecule has 2 rings (SSSR count). The van der Waals surface area contributed by atoms with Gasteiger partial charge in [0.2, 0.25) is 0 Å². The molecule has 1 heterocycles. The minimum Gasteiger partial charge on any atom is -0.462 e. The summed E-state index contributed by atoms with van der Waals surface area (Å²) in [7, 11) is 0. The van der Waals surface area contributed by atoms with Crippen molar-refractivity contribution < 1.29 is 9.53 Å². The van der Waals surface area contributed by atoms with Gasteiger partial charge in [-0.05, 0) is 45.0 Å². The third kappa shape index (κ3) is 10.9. The van der Waals surface area contributed by atoms with Gasteiger partial charge in [-0.2, -0.15) is 0 Å². The Morgan fingerprint density at radius 2 is 1.62 bits per heavy atom. The first-order valence-electron chi connectivity index (χ1n) is 7.79. The van der Waals surface area contributed by atoms with Gasteiger partial charge in [0.25, 0.3) is 0 Å². The second kappa shape index (κ2) is 15.1. The maximum atomic E-state index is 11.1. The number of rotatable bonds is 2. The van der Waals surface area contributed by atoms with Crippen LogP contribution >= 0.6 is 0 Å². The Balaban J connectivity index is 0. The first-order chi connectivity index (χ1) is 11.5. The van der Waals surface area contributed by atoms with Gasteiger partial charge in [0.05, 0.1) is 12.2 Å². The standard InChI is InChI=1S/C10H12O2.C6H8N2.C2H6.C2H2/c1-3-12-10(11)9-6-4-8(2)5-7-9;1-5-3-2-4-6(7)8-5;2*1-2/h4-7H,3H2,1-2H3;2-4H,1H3,(H2,7,8);1-2H3;1-2H. The van der Waals surface area contributed by atoms with E-state index in [0.29, 0.717) is 18.0 Å². The van der Waals surface area contributed by atoms with Gasteiger partial charge in [-0.3, -0.25) is 0 Å². The van der Waals surface area contributed by atoms with Gasteiger partial charge in [-0.15, -0.1) is 12.8 Å². The highest BCUT2D eigenvalue weighted by atomic mass is 16.5. The van der Waals surface area contributed by atoms with Crippen molar-refractivity contribution in [1.82, 2.24) is 4.98 Å². The predicted molar refractivity (Wildman–Crippen MR) is 102 cm³/mol. The van der Waals surface area contributed by atoms with E-state index < -0.39 is 0 Å². The monoisotopic (exact) mass is 328 g/mol. The molecule has 24 heavy (non-hydrogen) atoms. The van der Waals surface area contributed by atoms with E-state index in [1.54, 1.807) is 25.1 Å². The van der Waals surface area contributed by atoms with E-state index in [4.69, 9.17) is 10.5 Å². The summed E-state index contributed by atoms with van der Waals surface area (Å²) >= 11 is 0. The third-order valence-corrected chi connectivity index (χ3v) is 2.47. The highest BCUT2D eigenvalue weighted by molar-refractivity contribution is 5.89. The quantitative estimate of drug-likeness (QED) is 0.654. The van der Waals surface area contributed by atoms with Gasteiger partial charge in [0.15, 0.2) is 0 Å². The van der Waals surface area contributed by atoms with Gasteiger partial charge >= 0.3 is 5.97 Å². The zero-order valence-electron chi connectivity index (χ0n) is 15.2. The summed E-state index contributed by atoms with van der Waals surface area (Å²) in [6.45, 7) is 10.1. The van der Waals surface area contributed by atoms with Crippen molar-refractivity contribution in [2.45, 2.75) is 34.6 Å². The first-order valence-corrected chi connectivity index (χ1v) is 7.79. The fourth-order valence-electron chi connectivity index (χ4n) is 1.47. The number of carbonyl (C=O) groups excluding carboxylic acids is 1. The number of terminal acetylenes is 1. The number of pyridine rings is 1. The number of ether oxygens (including phenoxy) is 1. The van der Waals surface area contributed by atoms with Crippen molar-refractivity contribution in [3.8, 4) is 12.8 Å². The highest BCUT2D eigenvalue weighted by Crippen LogP contribution is 2.04. The molecule has 2 aromatic rings. The van der Waals surface area contributed by atoms with Crippen LogP contribution in [0.25, 0.3) is 0 Å². The average Bonchev–Trinajstić information content (AvgIpc) is 2.60. The lowest BCUT2D eigenvalue weighted by molar-refractivity contribution is 0.0526. The molecule has 1 aromatic carbocycles. The van der Waals surface area contributed by atoms with Crippen molar-refractivity contribution in [3.63, 3.8) is 0 Å². The van der Waals surface area contributed by atoms with E-state index in [9.17, 15) is 4.79 Å². The molecule has 0 amide bonds. The van der Waals surface area contributed by atoms with Crippen molar-refractivity contribution in [2.24, 2.45) is 0 Å². The third-order valence-electron chi connectivity index (χ3n) is 2.47. The fourth-order valence-corrected chi connectivity index (χ4v) is 1.47. The summed E-state index contributed by atoms with van der Waals surface area (Å²) in [5.74, 6) is 0.336. The number of anilines is 1. The van der Waals surface area contributed by atoms with Crippen LogP contribution in [0.1, 0.15) is 42.4 Å². The lowest BCUT2D eigenvalue weighted by Crippen LogP contribution is -2.03. The van der Waals surface area contributed by atoms with Crippen molar-refractivity contribution in [1.29, 1.82) is 0 Å². The Hall–Kier alpha value is -2.80. The molecule has 0 saturated heterocycles. The number of carbonyl (C=O) groups is 1. The number of hydrogen-bond donors (Lipinski definition) is 1. The van der Waals surface area contributed by atoms with Crippen LogP contribution in [0.5, 0.6) is 0 Å². The minimum absolute atomic E-state index is 0.252. The molecule has 0 spiro atoms. The minimum atomic E-state index is -0.252. The van der Waals surface area contributed by atoms with Crippen LogP contribution in [0.15, 0.2) is 42.5 Å². The van der Waals surface area contributed by atoms with Gasteiger partial charge in [0, 0.05) is 5.69 Å². The van der Waals surface area contributed by atoms with E-state index in [-0.39, 0.29) is 5.97 Å². The molecule has 0 saturated carbocycles. The second-order valence-corrected chi connectivity index (χ2v) is 4.29. The Labute approximate surface area is 146 Å². The Morgan fingerprint density at radius 1 is 1.08 bits per heavy atom. The summed E-state index contributed by atoms with van der Waals surface area (Å²) in [6.07, 6.45) is 8.00. The average molecular weight is 328 g/mol. The van der Waals surface area contributed by atoms with E-state index in [0.717, 1.165) is 11.3 Å². The Bertz CT molecular complexity index is 573. The Kier molecular flexibility index (Phi) is 14.8. The smallest absolute Gasteiger partial charge is 0.338 e. The topological polar surface area (TPSA) is 65.2 Å². The molecule has 0 unspecified atom stereocenters. The van der Waals surface area contributed by atoms with Crippen LogP contribution in [0, 0.1) is 26.7 Å². The highest BCUT2D eigenvalue weighted by Gasteiger charge is 2.03. The molecular formula is C20H28N2O2. The van der Waals surface area contributed by atoms with E-state index in [2.05, 4.69) is 17.8 Å². The van der Waals surface area contributed by atoms with Gasteiger partial charge < -0.3 is 10.5 Å². The van der Waals surface area contributed by atoms with E-state index >= 15 is 0 Å². The lowest BCUT2D eigenvalue weighted by Gasteiger charge is -2.00. The molecule has 0 atom stereocenters. The SMILES string of the molecule is C#C.CC.CCOC(=O)c1ccc(C)cc1.Cc1cccc(N)n1. The van der Waals surface area contributed by atoms with Crippen molar-refractivity contribution in [2.75, 3.05) is 12.3 Å². The zero-order chi connectivity index (χ0) is 19.0. The number of nitrogen functional groups attached to an aromatic ring is 1. The number of nitrogens with zero attached hydrogens (tertiary/aromatic N) is 1. The molecular weight excluding hydrogens is 300 g/mol. The van der Waals surface area contributed by atoms with Crippen LogP contribution in [0.4, 0.5) is 5.82 Å². The lowest BCUT2D eigenvalue weighted by atomic mass is 10.1. The molecule has 0 aliphatic heterocycles. The summed E-state index contributed by atoms with van der Waals surface area (Å²) in [5.41, 5.74) is 8.07. The van der Waals surface area contributed by atoms with Crippen molar-refractivity contribution in [3.05, 3.63) is 59.3 Å². The predicted octanol–water partition coefficient (Wildman–Crippen LogP) is 4.42. The van der Waals surface area contributed by atoms with Crippen LogP contribution in [-0.2, 0) is 4.74 Å². The summed E-state index contributed by atoms with van der Waals surface area (Å²) in [6, 6.07) is 12.9. The zero-order valence-corrected chi connectivity index (χ0v) is 15.2. The van der Waals surface area contributed by atoms with Crippen LogP contribution < -0.4 is 5.73 Å². The number of benzene rings is 1. The number of nitrogens with two attached hydrogens (primary N) is 1. The summed E-state index contributed by atoms with van der Waals surface area (Å²) < 4.78 is 4.83. The molecule has 130 valence electrons. The molecule has 0 aliphatic rings. The van der Waals surface area contributed by atoms with Crippen molar-refractivity contribution >= 4 is 11.8 Å². The largest absolute Gasteiger partial charge is 0.462 e. The van der Waals surface area contributed by atoms with Crippen LogP contribution in [0.2, 0.25) is 0 Å². The molecule has 2 N–H and O–H groups in total. The van der Waals surface area contributed by atoms with Crippen LogP contribution in [0.3, 0.4) is 0 Å². The molecule has 4 nitrogen and oxygen atoms in total. The maximum Gasteiger partial charge on any atom is 0.338 e. The van der Waals surface area contributed by atoms with Gasteiger partial charge in [-0.25, -0.2) is 9.78 Å². The normalized spacial score (nSPS) is 8.12. The molecule has 0 radical (unpaired) electrons. The van der Waals surface area contributed by atoms with Crippen LogP contribution in [-0.4, -0.2) is 17.6 Å².